The van der Waals surface area contributed by atoms with Crippen molar-refractivity contribution >= 4 is 28.2 Å². The number of morpholine rings is 1. The zero-order chi connectivity index (χ0) is 18.0. The first kappa shape index (κ1) is 17.6. The molecule has 1 N–H and O–H groups in total. The molecule has 1 aliphatic heterocycles. The fourth-order valence-electron chi connectivity index (χ4n) is 2.72. The summed E-state index contributed by atoms with van der Waals surface area (Å²) in [6.07, 6.45) is 0.0186. The number of amides is 2. The number of hydrogen-bond donors (Lipinski definition) is 1. The summed E-state index contributed by atoms with van der Waals surface area (Å²) in [5.41, 5.74) is 1.05. The molecule has 2 aromatic rings. The second kappa shape index (κ2) is 7.33. The largest absolute Gasteiger partial charge is 0.375 e. The van der Waals surface area contributed by atoms with Gasteiger partial charge in [0.25, 0.3) is 11.8 Å². The summed E-state index contributed by atoms with van der Waals surface area (Å²) < 4.78 is 18.7. The van der Waals surface area contributed by atoms with Crippen LogP contribution in [-0.2, 0) is 4.74 Å². The lowest BCUT2D eigenvalue weighted by molar-refractivity contribution is -0.0122. The van der Waals surface area contributed by atoms with E-state index in [-0.39, 0.29) is 17.6 Å². The van der Waals surface area contributed by atoms with Gasteiger partial charge in [-0.1, -0.05) is 6.07 Å². The number of anilines is 1. The zero-order valence-corrected chi connectivity index (χ0v) is 14.9. The number of aryl methyl sites for hydroxylation is 1. The maximum absolute atomic E-state index is 13.2. The van der Waals surface area contributed by atoms with Crippen molar-refractivity contribution in [1.29, 1.82) is 0 Å². The Morgan fingerprint density at radius 1 is 1.36 bits per heavy atom. The van der Waals surface area contributed by atoms with Crippen molar-refractivity contribution in [3.8, 4) is 0 Å². The third kappa shape index (κ3) is 4.05. The Hall–Kier alpha value is -2.25. The van der Waals surface area contributed by atoms with Gasteiger partial charge in [-0.3, -0.25) is 9.59 Å². The average molecular weight is 362 g/mol. The molecule has 0 radical (unpaired) electrons. The topological polar surface area (TPSA) is 58.6 Å². The van der Waals surface area contributed by atoms with Gasteiger partial charge in [-0.25, -0.2) is 4.39 Å². The van der Waals surface area contributed by atoms with E-state index in [1.165, 1.54) is 29.5 Å². The van der Waals surface area contributed by atoms with Gasteiger partial charge in [-0.2, -0.15) is 0 Å². The number of benzene rings is 1. The van der Waals surface area contributed by atoms with Gasteiger partial charge in [0, 0.05) is 18.7 Å². The highest BCUT2D eigenvalue weighted by Crippen LogP contribution is 2.29. The van der Waals surface area contributed by atoms with Crippen molar-refractivity contribution in [3.63, 3.8) is 0 Å². The Labute approximate surface area is 149 Å². The highest BCUT2D eigenvalue weighted by atomic mass is 32.1. The number of carbonyl (C=O) groups is 2. The van der Waals surface area contributed by atoms with Crippen molar-refractivity contribution in [3.05, 3.63) is 52.2 Å². The van der Waals surface area contributed by atoms with Crippen molar-refractivity contribution in [1.82, 2.24) is 4.90 Å². The lowest BCUT2D eigenvalue weighted by Crippen LogP contribution is -2.44. The minimum atomic E-state index is -0.465. The smallest absolute Gasteiger partial charge is 0.264 e. The molecule has 2 heterocycles. The van der Waals surface area contributed by atoms with Gasteiger partial charge >= 0.3 is 0 Å². The van der Waals surface area contributed by atoms with Gasteiger partial charge in [-0.05, 0) is 43.7 Å². The van der Waals surface area contributed by atoms with Gasteiger partial charge in [-0.15, -0.1) is 11.3 Å². The van der Waals surface area contributed by atoms with E-state index in [1.54, 1.807) is 17.0 Å². The normalized spacial score (nSPS) is 17.4. The molecule has 1 atom stereocenters. The molecule has 25 heavy (non-hydrogen) atoms. The van der Waals surface area contributed by atoms with Crippen LogP contribution in [0.1, 0.15) is 32.5 Å². The first-order chi connectivity index (χ1) is 11.9. The van der Waals surface area contributed by atoms with Gasteiger partial charge in [0.15, 0.2) is 0 Å². The third-order valence-corrected chi connectivity index (χ3v) is 5.10. The zero-order valence-electron chi connectivity index (χ0n) is 14.0. The molecule has 1 aliphatic rings. The Bertz CT molecular complexity index is 805. The molecule has 0 aliphatic carbocycles. The Kier molecular flexibility index (Phi) is 5.15. The lowest BCUT2D eigenvalue weighted by atomic mass is 10.2. The van der Waals surface area contributed by atoms with E-state index in [2.05, 4.69) is 5.32 Å². The molecule has 0 saturated carbocycles. The molecule has 3 rings (SSSR count). The molecule has 132 valence electrons. The second-order valence-corrected chi connectivity index (χ2v) is 7.07. The monoisotopic (exact) mass is 362 g/mol. The molecule has 0 bridgehead atoms. The molecule has 5 nitrogen and oxygen atoms in total. The van der Waals surface area contributed by atoms with E-state index in [0.717, 1.165) is 5.56 Å². The number of thiophene rings is 1. The Morgan fingerprint density at radius 3 is 2.88 bits per heavy atom. The van der Waals surface area contributed by atoms with Crippen LogP contribution >= 0.6 is 11.3 Å². The minimum Gasteiger partial charge on any atom is -0.375 e. The number of nitrogens with one attached hydrogen (secondary N) is 1. The molecule has 1 unspecified atom stereocenters. The van der Waals surface area contributed by atoms with Crippen LogP contribution in [0.2, 0.25) is 0 Å². The van der Waals surface area contributed by atoms with Crippen LogP contribution in [0.25, 0.3) is 0 Å². The number of carbonyl (C=O) groups excluding carboxylic acids is 2. The molecule has 2 amide bonds. The Morgan fingerprint density at radius 2 is 2.16 bits per heavy atom. The predicted octanol–water partition coefficient (Wildman–Crippen LogP) is 3.31. The summed E-state index contributed by atoms with van der Waals surface area (Å²) in [6.45, 7) is 5.42. The predicted molar refractivity (Wildman–Crippen MR) is 94.7 cm³/mol. The van der Waals surface area contributed by atoms with Crippen LogP contribution in [0.3, 0.4) is 0 Å². The van der Waals surface area contributed by atoms with Crippen LogP contribution in [-0.4, -0.2) is 42.5 Å². The molecule has 1 aromatic heterocycles. The van der Waals surface area contributed by atoms with Crippen LogP contribution in [0.15, 0.2) is 30.3 Å². The van der Waals surface area contributed by atoms with Gasteiger partial charge < -0.3 is 15.0 Å². The molecule has 7 heteroatoms. The number of hydrogen-bond acceptors (Lipinski definition) is 4. The standard InChI is InChI=1S/C18H19FN2O3S/c1-11-8-15(20-17(22)13-4-3-5-14(19)9-13)25-16(11)18(23)21-6-7-24-12(2)10-21/h3-5,8-9,12H,6-7,10H2,1-2H3,(H,20,22). The maximum Gasteiger partial charge on any atom is 0.264 e. The third-order valence-electron chi connectivity index (χ3n) is 3.96. The first-order valence-corrected chi connectivity index (χ1v) is 8.84. The fraction of sp³-hybridized carbons (Fsp3) is 0.333. The molecule has 1 saturated heterocycles. The van der Waals surface area contributed by atoms with Crippen molar-refractivity contribution in [2.24, 2.45) is 0 Å². The van der Waals surface area contributed by atoms with E-state index in [1.807, 2.05) is 13.8 Å². The summed E-state index contributed by atoms with van der Waals surface area (Å²) in [6, 6.07) is 7.25. The summed E-state index contributed by atoms with van der Waals surface area (Å²) in [5.74, 6) is -0.920. The van der Waals surface area contributed by atoms with E-state index in [4.69, 9.17) is 4.74 Å². The first-order valence-electron chi connectivity index (χ1n) is 8.02. The molecule has 1 aromatic carbocycles. The van der Waals surface area contributed by atoms with Crippen LogP contribution in [0.4, 0.5) is 9.39 Å². The quantitative estimate of drug-likeness (QED) is 0.911. The molecule has 0 spiro atoms. The van der Waals surface area contributed by atoms with Crippen LogP contribution in [0, 0.1) is 12.7 Å². The van der Waals surface area contributed by atoms with Crippen molar-refractivity contribution in [2.45, 2.75) is 20.0 Å². The molecular formula is C18H19FN2O3S. The van der Waals surface area contributed by atoms with E-state index < -0.39 is 11.7 Å². The highest BCUT2D eigenvalue weighted by Gasteiger charge is 2.25. The lowest BCUT2D eigenvalue weighted by Gasteiger charge is -2.31. The van der Waals surface area contributed by atoms with E-state index >= 15 is 0 Å². The highest BCUT2D eigenvalue weighted by molar-refractivity contribution is 7.18. The number of rotatable bonds is 3. The molecule has 1 fully saturated rings. The average Bonchev–Trinajstić information content (AvgIpc) is 2.94. The van der Waals surface area contributed by atoms with E-state index in [0.29, 0.717) is 29.6 Å². The van der Waals surface area contributed by atoms with Gasteiger partial charge in [0.05, 0.1) is 22.6 Å². The fourth-order valence-corrected chi connectivity index (χ4v) is 3.75. The Balaban J connectivity index is 1.73. The maximum atomic E-state index is 13.2. The summed E-state index contributed by atoms with van der Waals surface area (Å²) >= 11 is 1.23. The van der Waals surface area contributed by atoms with E-state index in [9.17, 15) is 14.0 Å². The summed E-state index contributed by atoms with van der Waals surface area (Å²) in [4.78, 5) is 27.3. The second-order valence-electron chi connectivity index (χ2n) is 6.02. The number of nitrogens with zero attached hydrogens (tertiary/aromatic N) is 1. The van der Waals surface area contributed by atoms with Gasteiger partial charge in [0.2, 0.25) is 0 Å². The minimum absolute atomic E-state index is 0.0186. The number of halogens is 1. The summed E-state index contributed by atoms with van der Waals surface area (Å²) in [5, 5.41) is 3.30. The summed E-state index contributed by atoms with van der Waals surface area (Å²) in [7, 11) is 0. The van der Waals surface area contributed by atoms with Crippen LogP contribution < -0.4 is 5.32 Å². The SMILES string of the molecule is Cc1cc(NC(=O)c2cccc(F)c2)sc1C(=O)N1CCOC(C)C1. The van der Waals surface area contributed by atoms with Crippen molar-refractivity contribution < 1.29 is 18.7 Å². The van der Waals surface area contributed by atoms with Gasteiger partial charge in [0.1, 0.15) is 5.82 Å². The van der Waals surface area contributed by atoms with Crippen molar-refractivity contribution in [2.75, 3.05) is 25.0 Å². The van der Waals surface area contributed by atoms with Crippen LogP contribution in [0.5, 0.6) is 0 Å². The number of ether oxygens (including phenoxy) is 1. The molecular weight excluding hydrogens is 343 g/mol.